The van der Waals surface area contributed by atoms with Gasteiger partial charge in [-0.05, 0) is 41.8 Å². The van der Waals surface area contributed by atoms with Crippen LogP contribution in [0.15, 0.2) is 53.4 Å². The molecule has 2 aliphatic rings. The second kappa shape index (κ2) is 9.19. The molecule has 0 spiro atoms. The molecule has 170 valence electrons. The zero-order chi connectivity index (χ0) is 22.9. The Balaban J connectivity index is 1.39. The minimum atomic E-state index is -3.64. The molecule has 2 amide bonds. The third kappa shape index (κ3) is 4.66. The maximum absolute atomic E-state index is 13.0. The number of nitrogens with two attached hydrogens (primary N) is 1. The molecule has 0 saturated carbocycles. The van der Waals surface area contributed by atoms with E-state index in [4.69, 9.17) is 17.3 Å². The Morgan fingerprint density at radius 2 is 1.59 bits per heavy atom. The number of hydrogen-bond donors (Lipinski definition) is 1. The van der Waals surface area contributed by atoms with Gasteiger partial charge in [0.2, 0.25) is 21.8 Å². The van der Waals surface area contributed by atoms with Crippen LogP contribution in [0.2, 0.25) is 5.02 Å². The Labute approximate surface area is 192 Å². The number of sulfonamides is 1. The van der Waals surface area contributed by atoms with Crippen LogP contribution in [-0.4, -0.2) is 73.1 Å². The Kier molecular flexibility index (Phi) is 6.52. The van der Waals surface area contributed by atoms with Crippen molar-refractivity contribution in [2.45, 2.75) is 23.9 Å². The highest BCUT2D eigenvalue weighted by Crippen LogP contribution is 2.24. The number of piperazine rings is 1. The summed E-state index contributed by atoms with van der Waals surface area (Å²) in [4.78, 5) is 28.6. The zero-order valence-corrected chi connectivity index (χ0v) is 19.1. The maximum Gasteiger partial charge on any atom is 0.243 e. The highest BCUT2D eigenvalue weighted by Gasteiger charge is 2.34. The summed E-state index contributed by atoms with van der Waals surface area (Å²) in [5.74, 6) is -0.592. The van der Waals surface area contributed by atoms with Crippen molar-refractivity contribution >= 4 is 33.4 Å². The lowest BCUT2D eigenvalue weighted by Crippen LogP contribution is -2.55. The van der Waals surface area contributed by atoms with E-state index in [1.165, 1.54) is 16.4 Å². The van der Waals surface area contributed by atoms with Crippen LogP contribution in [0.25, 0.3) is 0 Å². The van der Waals surface area contributed by atoms with Crippen LogP contribution in [0.1, 0.15) is 11.1 Å². The van der Waals surface area contributed by atoms with E-state index in [-0.39, 0.29) is 43.5 Å². The van der Waals surface area contributed by atoms with Gasteiger partial charge in [-0.25, -0.2) is 8.42 Å². The van der Waals surface area contributed by atoms with Gasteiger partial charge in [0, 0.05) is 37.7 Å². The summed E-state index contributed by atoms with van der Waals surface area (Å²) >= 11 is 5.85. The molecule has 1 fully saturated rings. The zero-order valence-electron chi connectivity index (χ0n) is 17.5. The van der Waals surface area contributed by atoms with Crippen LogP contribution in [0.3, 0.4) is 0 Å². The number of hydrogen-bond acceptors (Lipinski definition) is 5. The van der Waals surface area contributed by atoms with Crippen LogP contribution < -0.4 is 5.73 Å². The molecule has 10 heteroatoms. The lowest BCUT2D eigenvalue weighted by atomic mass is 9.93. The fourth-order valence-electron chi connectivity index (χ4n) is 4.23. The highest BCUT2D eigenvalue weighted by atomic mass is 35.5. The quantitative estimate of drug-likeness (QED) is 0.695. The first-order valence-electron chi connectivity index (χ1n) is 10.4. The Morgan fingerprint density at radius 1 is 0.969 bits per heavy atom. The minimum Gasteiger partial charge on any atom is -0.368 e. The van der Waals surface area contributed by atoms with E-state index < -0.39 is 22.0 Å². The number of primary amides is 1. The number of halogens is 1. The average Bonchev–Trinajstić information content (AvgIpc) is 2.79. The van der Waals surface area contributed by atoms with Crippen molar-refractivity contribution in [3.63, 3.8) is 0 Å². The first-order valence-corrected chi connectivity index (χ1v) is 12.2. The molecule has 2 aromatic carbocycles. The molecule has 1 saturated heterocycles. The Hall–Kier alpha value is -2.46. The van der Waals surface area contributed by atoms with Crippen LogP contribution in [0.5, 0.6) is 0 Å². The summed E-state index contributed by atoms with van der Waals surface area (Å²) in [6.45, 7) is 1.53. The molecule has 0 bridgehead atoms. The fourth-order valence-corrected chi connectivity index (χ4v) is 5.78. The number of benzene rings is 2. The van der Waals surface area contributed by atoms with Gasteiger partial charge in [-0.1, -0.05) is 35.9 Å². The normalized spacial score (nSPS) is 20.0. The largest absolute Gasteiger partial charge is 0.368 e. The number of fused-ring (bicyclic) bond motifs is 1. The summed E-state index contributed by atoms with van der Waals surface area (Å²) in [5, 5.41) is 0.467. The predicted molar refractivity (Wildman–Crippen MR) is 120 cm³/mol. The summed E-state index contributed by atoms with van der Waals surface area (Å²) < 4.78 is 27.1. The summed E-state index contributed by atoms with van der Waals surface area (Å²) in [5.41, 5.74) is 7.76. The third-order valence-electron chi connectivity index (χ3n) is 6.06. The van der Waals surface area contributed by atoms with E-state index >= 15 is 0 Å². The van der Waals surface area contributed by atoms with E-state index in [1.807, 2.05) is 29.2 Å². The lowest BCUT2D eigenvalue weighted by Gasteiger charge is -2.38. The second-order valence-corrected chi connectivity index (χ2v) is 10.4. The number of carbonyl (C=O) groups is 2. The van der Waals surface area contributed by atoms with Gasteiger partial charge in [0.15, 0.2) is 0 Å². The summed E-state index contributed by atoms with van der Waals surface area (Å²) in [7, 11) is -3.64. The highest BCUT2D eigenvalue weighted by molar-refractivity contribution is 7.89. The standard InChI is InChI=1S/C22H25ClN4O4S/c23-18-5-7-19(8-6-18)32(30,31)27-11-9-25(10-12-27)21(28)15-26-14-17-4-2-1-3-16(17)13-20(26)22(24)29/h1-8,20H,9-15H2,(H2,24,29)/t20-/m0/s1. The van der Waals surface area contributed by atoms with E-state index in [1.54, 1.807) is 17.0 Å². The smallest absolute Gasteiger partial charge is 0.243 e. The van der Waals surface area contributed by atoms with Crippen molar-refractivity contribution < 1.29 is 18.0 Å². The first-order chi connectivity index (χ1) is 15.3. The average molecular weight is 477 g/mol. The summed E-state index contributed by atoms with van der Waals surface area (Å²) in [6.07, 6.45) is 0.478. The number of carbonyl (C=O) groups excluding carboxylic acids is 2. The second-order valence-electron chi connectivity index (χ2n) is 8.03. The SMILES string of the molecule is NC(=O)[C@@H]1Cc2ccccc2CN1CC(=O)N1CCN(S(=O)(=O)c2ccc(Cl)cc2)CC1. The van der Waals surface area contributed by atoms with Crippen molar-refractivity contribution in [2.24, 2.45) is 5.73 Å². The van der Waals surface area contributed by atoms with Crippen molar-refractivity contribution in [1.82, 2.24) is 14.1 Å². The molecule has 0 unspecified atom stereocenters. The van der Waals surface area contributed by atoms with Gasteiger partial charge in [-0.15, -0.1) is 0 Å². The van der Waals surface area contributed by atoms with Gasteiger partial charge < -0.3 is 10.6 Å². The molecule has 2 aromatic rings. The number of amides is 2. The maximum atomic E-state index is 13.0. The van der Waals surface area contributed by atoms with E-state index in [2.05, 4.69) is 0 Å². The molecule has 2 heterocycles. The van der Waals surface area contributed by atoms with Crippen LogP contribution in [-0.2, 0) is 32.6 Å². The molecular formula is C22H25ClN4O4S. The first kappa shape index (κ1) is 22.7. The fraction of sp³-hybridized carbons (Fsp3) is 0.364. The molecule has 0 radical (unpaired) electrons. The third-order valence-corrected chi connectivity index (χ3v) is 8.22. The van der Waals surface area contributed by atoms with Crippen LogP contribution in [0.4, 0.5) is 0 Å². The van der Waals surface area contributed by atoms with Gasteiger partial charge in [0.1, 0.15) is 0 Å². The monoisotopic (exact) mass is 476 g/mol. The molecule has 32 heavy (non-hydrogen) atoms. The minimum absolute atomic E-state index is 0.0614. The number of nitrogens with zero attached hydrogens (tertiary/aromatic N) is 3. The van der Waals surface area contributed by atoms with E-state index in [0.29, 0.717) is 18.0 Å². The molecule has 1 atom stereocenters. The molecule has 8 nitrogen and oxygen atoms in total. The molecular weight excluding hydrogens is 452 g/mol. The van der Waals surface area contributed by atoms with Gasteiger partial charge >= 0.3 is 0 Å². The molecule has 4 rings (SSSR count). The van der Waals surface area contributed by atoms with Crippen LogP contribution in [0, 0.1) is 0 Å². The van der Waals surface area contributed by atoms with Crippen molar-refractivity contribution in [1.29, 1.82) is 0 Å². The van der Waals surface area contributed by atoms with E-state index in [9.17, 15) is 18.0 Å². The van der Waals surface area contributed by atoms with Crippen molar-refractivity contribution in [2.75, 3.05) is 32.7 Å². The van der Waals surface area contributed by atoms with Crippen molar-refractivity contribution in [3.8, 4) is 0 Å². The molecule has 0 aromatic heterocycles. The van der Waals surface area contributed by atoms with E-state index in [0.717, 1.165) is 11.1 Å². The lowest BCUT2D eigenvalue weighted by molar-refractivity contribution is -0.136. The Bertz CT molecular complexity index is 1120. The van der Waals surface area contributed by atoms with Gasteiger partial charge in [-0.3, -0.25) is 14.5 Å². The topological polar surface area (TPSA) is 104 Å². The number of rotatable bonds is 5. The molecule has 2 N–H and O–H groups in total. The van der Waals surface area contributed by atoms with Gasteiger partial charge in [-0.2, -0.15) is 4.31 Å². The van der Waals surface area contributed by atoms with Crippen LogP contribution >= 0.6 is 11.6 Å². The Morgan fingerprint density at radius 3 is 2.22 bits per heavy atom. The van der Waals surface area contributed by atoms with Crippen molar-refractivity contribution in [3.05, 3.63) is 64.7 Å². The van der Waals surface area contributed by atoms with Gasteiger partial charge in [0.25, 0.3) is 0 Å². The predicted octanol–water partition coefficient (Wildman–Crippen LogP) is 1.09. The summed E-state index contributed by atoms with van der Waals surface area (Å²) in [6, 6.07) is 13.3. The molecule has 0 aliphatic carbocycles. The molecule has 2 aliphatic heterocycles. The van der Waals surface area contributed by atoms with Gasteiger partial charge in [0.05, 0.1) is 17.5 Å².